The van der Waals surface area contributed by atoms with E-state index in [1.807, 2.05) is 6.92 Å². The van der Waals surface area contributed by atoms with E-state index < -0.39 is 11.7 Å². The molecule has 0 radical (unpaired) electrons. The maximum Gasteiger partial charge on any atom is 0.244 e. The lowest BCUT2D eigenvalue weighted by atomic mass is 10.3. The van der Waals surface area contributed by atoms with Crippen molar-refractivity contribution >= 4 is 45.8 Å². The van der Waals surface area contributed by atoms with Crippen LogP contribution in [0.25, 0.3) is 0 Å². The van der Waals surface area contributed by atoms with Gasteiger partial charge < -0.3 is 5.32 Å². The summed E-state index contributed by atoms with van der Waals surface area (Å²) >= 11 is 6.37. The van der Waals surface area contributed by atoms with Gasteiger partial charge >= 0.3 is 0 Å². The number of halogens is 1. The minimum absolute atomic E-state index is 0.0924. The number of thioether (sulfide) groups is 1. The normalized spacial score (nSPS) is 18.5. The second-order valence-electron chi connectivity index (χ2n) is 4.23. The molecule has 0 spiro atoms. The number of carbonyl (C=O) groups excluding carboxylic acids is 2. The van der Waals surface area contributed by atoms with E-state index >= 15 is 0 Å². The van der Waals surface area contributed by atoms with Gasteiger partial charge in [0, 0.05) is 0 Å². The highest BCUT2D eigenvalue weighted by Crippen LogP contribution is 2.29. The van der Waals surface area contributed by atoms with Crippen molar-refractivity contribution in [2.45, 2.75) is 18.6 Å². The lowest BCUT2D eigenvalue weighted by molar-refractivity contribution is -0.129. The molecule has 20 heavy (non-hydrogen) atoms. The van der Waals surface area contributed by atoms with Crippen molar-refractivity contribution in [3.05, 3.63) is 30.1 Å². The van der Waals surface area contributed by atoms with Crippen molar-refractivity contribution in [3.63, 3.8) is 0 Å². The summed E-state index contributed by atoms with van der Waals surface area (Å²) < 4.78 is 13.8. The Balaban J connectivity index is 2.00. The fraction of sp³-hybridized carbons (Fsp3) is 0.308. The highest BCUT2D eigenvalue weighted by molar-refractivity contribution is 8.24. The van der Waals surface area contributed by atoms with E-state index in [0.717, 1.165) is 0 Å². The van der Waals surface area contributed by atoms with Gasteiger partial charge in [0.2, 0.25) is 11.8 Å². The lowest BCUT2D eigenvalue weighted by Gasteiger charge is -2.15. The third-order valence-electron chi connectivity index (χ3n) is 2.83. The van der Waals surface area contributed by atoms with Crippen molar-refractivity contribution < 1.29 is 14.0 Å². The van der Waals surface area contributed by atoms with Gasteiger partial charge in [0.25, 0.3) is 0 Å². The van der Waals surface area contributed by atoms with E-state index in [0.29, 0.717) is 10.7 Å². The molecule has 106 valence electrons. The quantitative estimate of drug-likeness (QED) is 0.868. The molecule has 1 fully saturated rings. The first-order chi connectivity index (χ1) is 9.52. The van der Waals surface area contributed by atoms with Crippen molar-refractivity contribution in [1.29, 1.82) is 0 Å². The number of carbonyl (C=O) groups is 2. The third-order valence-corrected chi connectivity index (χ3v) is 4.58. The lowest BCUT2D eigenvalue weighted by Crippen LogP contribution is -2.38. The summed E-state index contributed by atoms with van der Waals surface area (Å²) in [4.78, 5) is 25.1. The molecule has 1 aromatic carbocycles. The van der Waals surface area contributed by atoms with E-state index in [-0.39, 0.29) is 23.4 Å². The zero-order chi connectivity index (χ0) is 14.7. The van der Waals surface area contributed by atoms with Gasteiger partial charge in [-0.15, -0.1) is 0 Å². The predicted molar refractivity (Wildman–Crippen MR) is 81.0 cm³/mol. The molecule has 0 saturated carbocycles. The van der Waals surface area contributed by atoms with Gasteiger partial charge in [0.1, 0.15) is 16.7 Å². The maximum absolute atomic E-state index is 13.4. The number of rotatable bonds is 4. The first-order valence-corrected chi connectivity index (χ1v) is 7.38. The zero-order valence-electron chi connectivity index (χ0n) is 10.8. The van der Waals surface area contributed by atoms with E-state index in [2.05, 4.69) is 5.32 Å². The zero-order valence-corrected chi connectivity index (χ0v) is 12.4. The van der Waals surface area contributed by atoms with Crippen LogP contribution in [0.1, 0.15) is 13.3 Å². The summed E-state index contributed by atoms with van der Waals surface area (Å²) in [7, 11) is 0. The Morgan fingerprint density at radius 3 is 2.80 bits per heavy atom. The molecule has 1 aliphatic rings. The Morgan fingerprint density at radius 2 is 2.20 bits per heavy atom. The second kappa shape index (κ2) is 6.32. The molecule has 2 amide bonds. The molecule has 1 unspecified atom stereocenters. The van der Waals surface area contributed by atoms with Crippen LogP contribution in [0.15, 0.2) is 24.3 Å². The minimum atomic E-state index is -0.517. The van der Waals surface area contributed by atoms with Crippen molar-refractivity contribution in [1.82, 2.24) is 4.90 Å². The summed E-state index contributed by atoms with van der Waals surface area (Å²) in [5, 5.41) is 2.22. The molecule has 1 aliphatic heterocycles. The number of nitrogens with one attached hydrogen (secondary N) is 1. The fourth-order valence-corrected chi connectivity index (χ4v) is 3.22. The standard InChI is InChI=1S/C13H13FN2O2S2/c1-2-10-12(18)16(13(19)20-10)7-11(17)15-9-6-4-3-5-8(9)14/h3-6,10H,2,7H2,1H3,(H,15,17). The third kappa shape index (κ3) is 3.16. The number of thiocarbonyl (C=S) groups is 1. The Hall–Kier alpha value is -1.47. The molecule has 0 aliphatic carbocycles. The smallest absolute Gasteiger partial charge is 0.244 e. The largest absolute Gasteiger partial charge is 0.322 e. The molecule has 1 saturated heterocycles. The Kier molecular flexibility index (Phi) is 4.72. The highest BCUT2D eigenvalue weighted by atomic mass is 32.2. The van der Waals surface area contributed by atoms with Crippen molar-refractivity contribution in [2.75, 3.05) is 11.9 Å². The summed E-state index contributed by atoms with van der Waals surface area (Å²) in [5.41, 5.74) is 0.0924. The topological polar surface area (TPSA) is 49.4 Å². The molecule has 0 aromatic heterocycles. The van der Waals surface area contributed by atoms with E-state index in [1.54, 1.807) is 6.07 Å². The summed E-state index contributed by atoms with van der Waals surface area (Å²) in [5.74, 6) is -1.15. The molecule has 1 atom stereocenters. The van der Waals surface area contributed by atoms with Crippen LogP contribution in [-0.2, 0) is 9.59 Å². The van der Waals surface area contributed by atoms with Gasteiger partial charge in [-0.3, -0.25) is 14.5 Å². The first-order valence-electron chi connectivity index (χ1n) is 6.09. The summed E-state index contributed by atoms with van der Waals surface area (Å²) in [6.45, 7) is 1.70. The molecular formula is C13H13FN2O2S2. The van der Waals surface area contributed by atoms with E-state index in [4.69, 9.17) is 12.2 Å². The number of anilines is 1. The number of hydrogen-bond acceptors (Lipinski definition) is 4. The van der Waals surface area contributed by atoms with E-state index in [9.17, 15) is 14.0 Å². The average Bonchev–Trinajstić information content (AvgIpc) is 2.69. The molecular weight excluding hydrogens is 299 g/mol. The van der Waals surface area contributed by atoms with Crippen LogP contribution < -0.4 is 5.32 Å². The van der Waals surface area contributed by atoms with Crippen molar-refractivity contribution in [3.8, 4) is 0 Å². The predicted octanol–water partition coefficient (Wildman–Crippen LogP) is 2.40. The molecule has 1 heterocycles. The van der Waals surface area contributed by atoms with Crippen LogP contribution in [-0.4, -0.2) is 32.8 Å². The fourth-order valence-electron chi connectivity index (χ4n) is 1.80. The second-order valence-corrected chi connectivity index (χ2v) is 6.07. The molecule has 1 aromatic rings. The summed E-state index contributed by atoms with van der Waals surface area (Å²) in [6, 6.07) is 5.87. The minimum Gasteiger partial charge on any atom is -0.322 e. The number of para-hydroxylation sites is 1. The Labute approximate surface area is 125 Å². The van der Waals surface area contributed by atoms with Crippen molar-refractivity contribution in [2.24, 2.45) is 0 Å². The van der Waals surface area contributed by atoms with Gasteiger partial charge in [0.15, 0.2) is 0 Å². The maximum atomic E-state index is 13.4. The Morgan fingerprint density at radius 1 is 1.50 bits per heavy atom. The number of nitrogens with zero attached hydrogens (tertiary/aromatic N) is 1. The van der Waals surface area contributed by atoms with Crippen LogP contribution in [0.2, 0.25) is 0 Å². The van der Waals surface area contributed by atoms with Crippen LogP contribution >= 0.6 is 24.0 Å². The SMILES string of the molecule is CCC1SC(=S)N(CC(=O)Nc2ccccc2F)C1=O. The Bertz CT molecular complexity index is 565. The van der Waals surface area contributed by atoms with E-state index in [1.165, 1.54) is 34.9 Å². The molecule has 1 N–H and O–H groups in total. The first kappa shape index (κ1) is 14.9. The van der Waals surface area contributed by atoms with Crippen LogP contribution in [0, 0.1) is 5.82 Å². The van der Waals surface area contributed by atoms with Gasteiger partial charge in [-0.25, -0.2) is 4.39 Å². The van der Waals surface area contributed by atoms with Gasteiger partial charge in [-0.05, 0) is 18.6 Å². The summed E-state index contributed by atoms with van der Waals surface area (Å²) in [6.07, 6.45) is 0.662. The highest BCUT2D eigenvalue weighted by Gasteiger charge is 2.36. The number of benzene rings is 1. The molecule has 4 nitrogen and oxygen atoms in total. The van der Waals surface area contributed by atoms with Crippen LogP contribution in [0.4, 0.5) is 10.1 Å². The molecule has 2 rings (SSSR count). The van der Waals surface area contributed by atoms with Crippen LogP contribution in [0.3, 0.4) is 0 Å². The molecule has 0 bridgehead atoms. The van der Waals surface area contributed by atoms with Gasteiger partial charge in [-0.2, -0.15) is 0 Å². The molecule has 7 heteroatoms. The number of amides is 2. The average molecular weight is 312 g/mol. The van der Waals surface area contributed by atoms with Gasteiger partial charge in [0.05, 0.1) is 10.9 Å². The number of hydrogen-bond donors (Lipinski definition) is 1. The van der Waals surface area contributed by atoms with Gasteiger partial charge in [-0.1, -0.05) is 43.0 Å². The van der Waals surface area contributed by atoms with Crippen LogP contribution in [0.5, 0.6) is 0 Å². The monoisotopic (exact) mass is 312 g/mol.